The van der Waals surface area contributed by atoms with E-state index in [4.69, 9.17) is 4.74 Å². The van der Waals surface area contributed by atoms with Crippen LogP contribution in [0.4, 0.5) is 5.95 Å². The Labute approximate surface area is 98.0 Å². The van der Waals surface area contributed by atoms with Crippen LogP contribution in [0.15, 0.2) is 6.20 Å². The molecule has 4 heteroatoms. The summed E-state index contributed by atoms with van der Waals surface area (Å²) in [5, 5.41) is 3.35. The number of anilines is 1. The number of rotatable bonds is 7. The second-order valence-electron chi connectivity index (χ2n) is 4.06. The summed E-state index contributed by atoms with van der Waals surface area (Å²) in [5.41, 5.74) is 1.05. The molecule has 0 bridgehead atoms. The minimum atomic E-state index is 0.366. The van der Waals surface area contributed by atoms with Crippen molar-refractivity contribution in [3.05, 3.63) is 11.9 Å². The molecule has 16 heavy (non-hydrogen) atoms. The minimum Gasteiger partial charge on any atom is -0.383 e. The highest BCUT2D eigenvalue weighted by Gasteiger charge is 2.13. The summed E-state index contributed by atoms with van der Waals surface area (Å²) in [6.45, 7) is 8.03. The SMILES string of the molecule is CCCNc1nc(C)cn1C(CC)COC. The van der Waals surface area contributed by atoms with Crippen LogP contribution >= 0.6 is 0 Å². The number of ether oxygens (including phenoxy) is 1. The molecule has 0 saturated carbocycles. The second kappa shape index (κ2) is 6.53. The van der Waals surface area contributed by atoms with Gasteiger partial charge in [0.1, 0.15) is 0 Å². The van der Waals surface area contributed by atoms with Crippen molar-refractivity contribution in [2.75, 3.05) is 25.6 Å². The van der Waals surface area contributed by atoms with E-state index in [9.17, 15) is 0 Å². The molecule has 1 aromatic rings. The third kappa shape index (κ3) is 3.23. The normalized spacial score (nSPS) is 12.8. The maximum atomic E-state index is 5.24. The molecule has 4 nitrogen and oxygen atoms in total. The third-order valence-corrected chi connectivity index (χ3v) is 2.61. The van der Waals surface area contributed by atoms with E-state index in [0.717, 1.165) is 37.6 Å². The van der Waals surface area contributed by atoms with Gasteiger partial charge < -0.3 is 14.6 Å². The zero-order valence-electron chi connectivity index (χ0n) is 10.8. The van der Waals surface area contributed by atoms with Gasteiger partial charge in [-0.05, 0) is 19.8 Å². The predicted molar refractivity (Wildman–Crippen MR) is 66.9 cm³/mol. The lowest BCUT2D eigenvalue weighted by molar-refractivity contribution is 0.154. The van der Waals surface area contributed by atoms with E-state index in [0.29, 0.717) is 6.04 Å². The van der Waals surface area contributed by atoms with E-state index < -0.39 is 0 Å². The van der Waals surface area contributed by atoms with Crippen molar-refractivity contribution in [3.8, 4) is 0 Å². The van der Waals surface area contributed by atoms with Gasteiger partial charge in [0.25, 0.3) is 0 Å². The van der Waals surface area contributed by atoms with Gasteiger partial charge in [0.2, 0.25) is 5.95 Å². The minimum absolute atomic E-state index is 0.366. The highest BCUT2D eigenvalue weighted by atomic mass is 16.5. The first kappa shape index (κ1) is 13.0. The first-order valence-corrected chi connectivity index (χ1v) is 6.01. The molecule has 0 aromatic carbocycles. The zero-order chi connectivity index (χ0) is 12.0. The van der Waals surface area contributed by atoms with E-state index in [1.165, 1.54) is 0 Å². The van der Waals surface area contributed by atoms with Gasteiger partial charge in [0.15, 0.2) is 0 Å². The summed E-state index contributed by atoms with van der Waals surface area (Å²) >= 11 is 0. The van der Waals surface area contributed by atoms with Crippen molar-refractivity contribution >= 4 is 5.95 Å². The third-order valence-electron chi connectivity index (χ3n) is 2.61. The number of hydrogen-bond acceptors (Lipinski definition) is 3. The van der Waals surface area contributed by atoms with Gasteiger partial charge >= 0.3 is 0 Å². The summed E-state index contributed by atoms with van der Waals surface area (Å²) in [4.78, 5) is 4.50. The van der Waals surface area contributed by atoms with Gasteiger partial charge in [-0.3, -0.25) is 0 Å². The summed E-state index contributed by atoms with van der Waals surface area (Å²) < 4.78 is 7.43. The summed E-state index contributed by atoms with van der Waals surface area (Å²) in [6, 6.07) is 0.366. The van der Waals surface area contributed by atoms with Crippen LogP contribution in [-0.4, -0.2) is 29.8 Å². The molecule has 0 fully saturated rings. The van der Waals surface area contributed by atoms with Crippen molar-refractivity contribution in [2.45, 2.75) is 39.7 Å². The number of nitrogens with zero attached hydrogens (tertiary/aromatic N) is 2. The van der Waals surface area contributed by atoms with Gasteiger partial charge in [-0.25, -0.2) is 4.98 Å². The number of hydrogen-bond donors (Lipinski definition) is 1. The van der Waals surface area contributed by atoms with Crippen LogP contribution in [0.3, 0.4) is 0 Å². The molecular formula is C12H23N3O. The average Bonchev–Trinajstić information content (AvgIpc) is 2.64. The predicted octanol–water partition coefficient (Wildman–Crippen LogP) is 2.61. The fourth-order valence-corrected chi connectivity index (χ4v) is 1.75. The van der Waals surface area contributed by atoms with Crippen LogP contribution in [0.1, 0.15) is 38.4 Å². The zero-order valence-corrected chi connectivity index (χ0v) is 10.8. The lowest BCUT2D eigenvalue weighted by atomic mass is 10.2. The number of aryl methyl sites for hydroxylation is 1. The fraction of sp³-hybridized carbons (Fsp3) is 0.750. The van der Waals surface area contributed by atoms with E-state index in [1.807, 2.05) is 6.92 Å². The maximum Gasteiger partial charge on any atom is 0.203 e. The molecule has 0 saturated heterocycles. The number of imidazole rings is 1. The molecule has 1 N–H and O–H groups in total. The van der Waals surface area contributed by atoms with E-state index in [-0.39, 0.29) is 0 Å². The van der Waals surface area contributed by atoms with Gasteiger partial charge in [0, 0.05) is 19.9 Å². The highest BCUT2D eigenvalue weighted by molar-refractivity contribution is 5.29. The molecule has 0 aliphatic carbocycles. The maximum absolute atomic E-state index is 5.24. The lowest BCUT2D eigenvalue weighted by Crippen LogP contribution is -2.16. The van der Waals surface area contributed by atoms with Crippen molar-refractivity contribution in [2.24, 2.45) is 0 Å². The largest absolute Gasteiger partial charge is 0.383 e. The Morgan fingerprint density at radius 3 is 2.81 bits per heavy atom. The Morgan fingerprint density at radius 1 is 1.50 bits per heavy atom. The first-order chi connectivity index (χ1) is 7.72. The van der Waals surface area contributed by atoms with Crippen LogP contribution in [0, 0.1) is 6.92 Å². The molecule has 0 amide bonds. The van der Waals surface area contributed by atoms with Crippen LogP contribution < -0.4 is 5.32 Å². The molecule has 92 valence electrons. The molecule has 0 aliphatic heterocycles. The van der Waals surface area contributed by atoms with Crippen molar-refractivity contribution in [1.29, 1.82) is 0 Å². The van der Waals surface area contributed by atoms with Crippen molar-refractivity contribution < 1.29 is 4.74 Å². The molecule has 1 aromatic heterocycles. The number of nitrogens with one attached hydrogen (secondary N) is 1. The molecular weight excluding hydrogens is 202 g/mol. The van der Waals surface area contributed by atoms with Crippen LogP contribution in [0.25, 0.3) is 0 Å². The summed E-state index contributed by atoms with van der Waals surface area (Å²) in [5.74, 6) is 0.961. The molecule has 1 atom stereocenters. The standard InChI is InChI=1S/C12H23N3O/c1-5-7-13-12-14-10(3)8-15(12)11(6-2)9-16-4/h8,11H,5-7,9H2,1-4H3,(H,13,14). The van der Waals surface area contributed by atoms with E-state index >= 15 is 0 Å². The number of aromatic nitrogens is 2. The van der Waals surface area contributed by atoms with Gasteiger partial charge in [-0.2, -0.15) is 0 Å². The monoisotopic (exact) mass is 225 g/mol. The molecule has 1 heterocycles. The molecule has 0 radical (unpaired) electrons. The van der Waals surface area contributed by atoms with Crippen LogP contribution in [0.2, 0.25) is 0 Å². The Bertz CT molecular complexity index is 309. The average molecular weight is 225 g/mol. The molecule has 0 aliphatic rings. The van der Waals surface area contributed by atoms with Gasteiger partial charge in [-0.15, -0.1) is 0 Å². The van der Waals surface area contributed by atoms with Crippen LogP contribution in [-0.2, 0) is 4.74 Å². The van der Waals surface area contributed by atoms with Crippen molar-refractivity contribution in [3.63, 3.8) is 0 Å². The highest BCUT2D eigenvalue weighted by Crippen LogP contribution is 2.19. The van der Waals surface area contributed by atoms with Gasteiger partial charge in [0.05, 0.1) is 18.3 Å². The molecule has 1 unspecified atom stereocenters. The Morgan fingerprint density at radius 2 is 2.25 bits per heavy atom. The quantitative estimate of drug-likeness (QED) is 0.775. The number of methoxy groups -OCH3 is 1. The molecule has 1 rings (SSSR count). The van der Waals surface area contributed by atoms with E-state index in [1.54, 1.807) is 7.11 Å². The summed E-state index contributed by atoms with van der Waals surface area (Å²) in [6.07, 6.45) is 4.24. The topological polar surface area (TPSA) is 39.1 Å². The Hall–Kier alpha value is -1.03. The van der Waals surface area contributed by atoms with Crippen LogP contribution in [0.5, 0.6) is 0 Å². The molecule has 0 spiro atoms. The lowest BCUT2D eigenvalue weighted by Gasteiger charge is -2.18. The second-order valence-corrected chi connectivity index (χ2v) is 4.06. The van der Waals surface area contributed by atoms with Gasteiger partial charge in [-0.1, -0.05) is 13.8 Å². The summed E-state index contributed by atoms with van der Waals surface area (Å²) in [7, 11) is 1.74. The Kier molecular flexibility index (Phi) is 5.32. The van der Waals surface area contributed by atoms with Crippen molar-refractivity contribution in [1.82, 2.24) is 9.55 Å². The Balaban J connectivity index is 2.82. The first-order valence-electron chi connectivity index (χ1n) is 6.01. The smallest absolute Gasteiger partial charge is 0.203 e. The fourth-order valence-electron chi connectivity index (χ4n) is 1.75. The van der Waals surface area contributed by atoms with E-state index in [2.05, 4.69) is 34.9 Å².